The molecule has 0 spiro atoms. The van der Waals surface area contributed by atoms with Crippen molar-refractivity contribution in [3.8, 4) is 0 Å². The van der Waals surface area contributed by atoms with Crippen LogP contribution in [0, 0.1) is 11.7 Å². The van der Waals surface area contributed by atoms with Gasteiger partial charge in [-0.2, -0.15) is 0 Å². The quantitative estimate of drug-likeness (QED) is 0.866. The van der Waals surface area contributed by atoms with Gasteiger partial charge in [-0.1, -0.05) is 17.7 Å². The Balaban J connectivity index is 2.13. The van der Waals surface area contributed by atoms with Crippen molar-refractivity contribution in [2.24, 2.45) is 5.92 Å². The summed E-state index contributed by atoms with van der Waals surface area (Å²) in [7, 11) is 0. The zero-order valence-electron chi connectivity index (χ0n) is 8.83. The minimum Gasteiger partial charge on any atom is -0.393 e. The molecule has 1 fully saturated rings. The molecule has 0 unspecified atom stereocenters. The standard InChI is InChI=1S/C12H14ClFO2/c13-10-2-1-3-11(14)9(10)6-8-7-16-5-4-12(8)15/h1-3,8,12,15H,4-7H2/t8-,12+/m0/s1. The van der Waals surface area contributed by atoms with Gasteiger partial charge in [-0.25, -0.2) is 4.39 Å². The first-order chi connectivity index (χ1) is 7.68. The number of aliphatic hydroxyl groups excluding tert-OH is 1. The molecule has 2 rings (SSSR count). The fourth-order valence-electron chi connectivity index (χ4n) is 1.97. The van der Waals surface area contributed by atoms with E-state index in [9.17, 15) is 9.50 Å². The van der Waals surface area contributed by atoms with Crippen LogP contribution in [0.4, 0.5) is 4.39 Å². The van der Waals surface area contributed by atoms with Crippen LogP contribution in [0.25, 0.3) is 0 Å². The van der Waals surface area contributed by atoms with Gasteiger partial charge in [0.25, 0.3) is 0 Å². The largest absolute Gasteiger partial charge is 0.393 e. The van der Waals surface area contributed by atoms with E-state index >= 15 is 0 Å². The van der Waals surface area contributed by atoms with Crippen molar-refractivity contribution in [1.29, 1.82) is 0 Å². The summed E-state index contributed by atoms with van der Waals surface area (Å²) in [6, 6.07) is 4.63. The van der Waals surface area contributed by atoms with Crippen molar-refractivity contribution < 1.29 is 14.2 Å². The molecule has 0 radical (unpaired) electrons. The van der Waals surface area contributed by atoms with Crippen LogP contribution >= 0.6 is 11.6 Å². The van der Waals surface area contributed by atoms with Crippen LogP contribution in [0.15, 0.2) is 18.2 Å². The van der Waals surface area contributed by atoms with Crippen LogP contribution in [0.2, 0.25) is 5.02 Å². The molecule has 0 amide bonds. The molecule has 1 aliphatic rings. The third-order valence-electron chi connectivity index (χ3n) is 2.96. The maximum atomic E-state index is 13.5. The Morgan fingerprint density at radius 1 is 1.50 bits per heavy atom. The molecule has 1 N–H and O–H groups in total. The Bertz CT molecular complexity index is 350. The van der Waals surface area contributed by atoms with Crippen LogP contribution in [-0.4, -0.2) is 24.4 Å². The molecule has 0 bridgehead atoms. The molecule has 0 saturated carbocycles. The van der Waals surface area contributed by atoms with Gasteiger partial charge in [0.15, 0.2) is 0 Å². The second-order valence-electron chi connectivity index (χ2n) is 4.10. The van der Waals surface area contributed by atoms with Crippen molar-refractivity contribution in [2.45, 2.75) is 18.9 Å². The maximum Gasteiger partial charge on any atom is 0.127 e. The normalized spacial score (nSPS) is 25.7. The third-order valence-corrected chi connectivity index (χ3v) is 3.32. The first-order valence-electron chi connectivity index (χ1n) is 5.37. The SMILES string of the molecule is O[C@@H]1CCOC[C@@H]1Cc1c(F)cccc1Cl. The van der Waals surface area contributed by atoms with Crippen molar-refractivity contribution >= 4 is 11.6 Å². The predicted molar refractivity (Wildman–Crippen MR) is 60.0 cm³/mol. The number of hydrogen-bond acceptors (Lipinski definition) is 2. The molecule has 0 aromatic heterocycles. The minimum absolute atomic E-state index is 0.0665. The van der Waals surface area contributed by atoms with E-state index in [0.29, 0.717) is 36.6 Å². The summed E-state index contributed by atoms with van der Waals surface area (Å²) in [4.78, 5) is 0. The van der Waals surface area contributed by atoms with Gasteiger partial charge in [-0.3, -0.25) is 0 Å². The first kappa shape index (κ1) is 11.8. The highest BCUT2D eigenvalue weighted by molar-refractivity contribution is 6.31. The molecule has 4 heteroatoms. The molecular weight excluding hydrogens is 231 g/mol. The van der Waals surface area contributed by atoms with Crippen LogP contribution in [-0.2, 0) is 11.2 Å². The first-order valence-corrected chi connectivity index (χ1v) is 5.75. The number of aliphatic hydroxyl groups is 1. The number of halogens is 2. The van der Waals surface area contributed by atoms with Gasteiger partial charge in [-0.05, 0) is 25.0 Å². The highest BCUT2D eigenvalue weighted by Gasteiger charge is 2.25. The highest BCUT2D eigenvalue weighted by atomic mass is 35.5. The molecule has 2 nitrogen and oxygen atoms in total. The van der Waals surface area contributed by atoms with Crippen molar-refractivity contribution in [3.05, 3.63) is 34.6 Å². The summed E-state index contributed by atoms with van der Waals surface area (Å²) in [5, 5.41) is 10.2. The Kier molecular flexibility index (Phi) is 3.79. The highest BCUT2D eigenvalue weighted by Crippen LogP contribution is 2.26. The second-order valence-corrected chi connectivity index (χ2v) is 4.50. The molecule has 88 valence electrons. The zero-order chi connectivity index (χ0) is 11.5. The van der Waals surface area contributed by atoms with Gasteiger partial charge in [0.1, 0.15) is 5.82 Å². The fourth-order valence-corrected chi connectivity index (χ4v) is 2.21. The van der Waals surface area contributed by atoms with Gasteiger partial charge in [0.2, 0.25) is 0 Å². The molecule has 0 aliphatic carbocycles. The predicted octanol–water partition coefficient (Wildman–Crippen LogP) is 2.42. The Morgan fingerprint density at radius 2 is 2.31 bits per heavy atom. The Morgan fingerprint density at radius 3 is 3.00 bits per heavy atom. The van der Waals surface area contributed by atoms with E-state index in [2.05, 4.69) is 0 Å². The average Bonchev–Trinajstić information content (AvgIpc) is 2.26. The summed E-state index contributed by atoms with van der Waals surface area (Å²) in [5.74, 6) is -0.381. The Labute approximate surface area is 99.0 Å². The van der Waals surface area contributed by atoms with E-state index in [1.54, 1.807) is 12.1 Å². The van der Waals surface area contributed by atoms with Gasteiger partial charge >= 0.3 is 0 Å². The lowest BCUT2D eigenvalue weighted by Crippen LogP contribution is -2.33. The second kappa shape index (κ2) is 5.13. The summed E-state index contributed by atoms with van der Waals surface area (Å²) >= 11 is 5.93. The molecule has 16 heavy (non-hydrogen) atoms. The van der Waals surface area contributed by atoms with Gasteiger partial charge < -0.3 is 9.84 Å². The van der Waals surface area contributed by atoms with Gasteiger partial charge in [0, 0.05) is 23.1 Å². The smallest absolute Gasteiger partial charge is 0.127 e. The van der Waals surface area contributed by atoms with E-state index in [-0.39, 0.29) is 11.7 Å². The number of hydrogen-bond donors (Lipinski definition) is 1. The monoisotopic (exact) mass is 244 g/mol. The molecule has 1 aliphatic heterocycles. The summed E-state index contributed by atoms with van der Waals surface area (Å²) in [6.07, 6.45) is 0.605. The third kappa shape index (κ3) is 2.54. The molecule has 2 atom stereocenters. The molecule has 1 saturated heterocycles. The lowest BCUT2D eigenvalue weighted by Gasteiger charge is -2.28. The van der Waals surface area contributed by atoms with E-state index in [1.807, 2.05) is 0 Å². The summed E-state index contributed by atoms with van der Waals surface area (Å²) < 4.78 is 18.8. The van der Waals surface area contributed by atoms with E-state index in [1.165, 1.54) is 6.07 Å². The maximum absolute atomic E-state index is 13.5. The summed E-state index contributed by atoms with van der Waals surface area (Å²) in [5.41, 5.74) is 0.471. The number of benzene rings is 1. The van der Waals surface area contributed by atoms with E-state index in [0.717, 1.165) is 0 Å². The number of ether oxygens (including phenoxy) is 1. The van der Waals surface area contributed by atoms with Crippen LogP contribution in [0.5, 0.6) is 0 Å². The number of rotatable bonds is 2. The molecule has 1 aromatic carbocycles. The van der Waals surface area contributed by atoms with Gasteiger partial charge in [0.05, 0.1) is 12.7 Å². The van der Waals surface area contributed by atoms with Crippen molar-refractivity contribution in [1.82, 2.24) is 0 Å². The van der Waals surface area contributed by atoms with E-state index in [4.69, 9.17) is 16.3 Å². The van der Waals surface area contributed by atoms with E-state index < -0.39 is 6.10 Å². The van der Waals surface area contributed by atoms with Crippen molar-refractivity contribution in [3.63, 3.8) is 0 Å². The lowest BCUT2D eigenvalue weighted by atomic mass is 9.91. The minimum atomic E-state index is -0.426. The van der Waals surface area contributed by atoms with Gasteiger partial charge in [-0.15, -0.1) is 0 Å². The molecule has 1 aromatic rings. The zero-order valence-corrected chi connectivity index (χ0v) is 9.58. The Hall–Kier alpha value is -0.640. The van der Waals surface area contributed by atoms with Crippen LogP contribution < -0.4 is 0 Å². The van der Waals surface area contributed by atoms with Crippen LogP contribution in [0.1, 0.15) is 12.0 Å². The lowest BCUT2D eigenvalue weighted by molar-refractivity contribution is -0.0352. The summed E-state index contributed by atoms with van der Waals surface area (Å²) in [6.45, 7) is 1.04. The average molecular weight is 245 g/mol. The topological polar surface area (TPSA) is 29.5 Å². The van der Waals surface area contributed by atoms with Crippen LogP contribution in [0.3, 0.4) is 0 Å². The molecular formula is C12H14ClFO2. The van der Waals surface area contributed by atoms with Crippen molar-refractivity contribution in [2.75, 3.05) is 13.2 Å². The fraction of sp³-hybridized carbons (Fsp3) is 0.500. The molecule has 1 heterocycles.